The second kappa shape index (κ2) is 8.87. The molecule has 0 amide bonds. The van der Waals surface area contributed by atoms with Crippen molar-refractivity contribution < 1.29 is 4.74 Å². The van der Waals surface area contributed by atoms with Crippen LogP contribution < -0.4 is 16.0 Å². The number of hydrogen-bond donors (Lipinski definition) is 3. The van der Waals surface area contributed by atoms with Gasteiger partial charge in [0, 0.05) is 18.8 Å². The maximum absolute atomic E-state index is 6.23. The van der Waals surface area contributed by atoms with Gasteiger partial charge in [0.15, 0.2) is 5.82 Å². The SMILES string of the molecule is Clc1cnc(Nc2ccc(C3CCNCC3)cc2)nc1NC[C@@H]1CCCO1. The summed E-state index contributed by atoms with van der Waals surface area (Å²) in [6, 6.07) is 8.58. The van der Waals surface area contributed by atoms with Gasteiger partial charge in [-0.2, -0.15) is 4.98 Å². The lowest BCUT2D eigenvalue weighted by Crippen LogP contribution is -2.26. The molecular formula is C20H26ClN5O. The Hall–Kier alpha value is -1.89. The molecule has 2 aliphatic rings. The van der Waals surface area contributed by atoms with Gasteiger partial charge >= 0.3 is 0 Å². The highest BCUT2D eigenvalue weighted by molar-refractivity contribution is 6.32. The number of hydrogen-bond acceptors (Lipinski definition) is 6. The summed E-state index contributed by atoms with van der Waals surface area (Å²) in [5.41, 5.74) is 2.37. The van der Waals surface area contributed by atoms with Crippen molar-refractivity contribution in [2.45, 2.75) is 37.7 Å². The van der Waals surface area contributed by atoms with Crippen LogP contribution in [0.25, 0.3) is 0 Å². The van der Waals surface area contributed by atoms with Crippen molar-refractivity contribution in [2.24, 2.45) is 0 Å². The Bertz CT molecular complexity index is 743. The van der Waals surface area contributed by atoms with Crippen molar-refractivity contribution in [3.8, 4) is 0 Å². The van der Waals surface area contributed by atoms with E-state index in [0.717, 1.165) is 38.2 Å². The van der Waals surface area contributed by atoms with Crippen LogP contribution in [0.5, 0.6) is 0 Å². The summed E-state index contributed by atoms with van der Waals surface area (Å²) in [6.07, 6.45) is 6.45. The summed E-state index contributed by atoms with van der Waals surface area (Å²) >= 11 is 6.23. The van der Waals surface area contributed by atoms with Crippen molar-refractivity contribution >= 4 is 29.1 Å². The smallest absolute Gasteiger partial charge is 0.229 e. The number of aromatic nitrogens is 2. The van der Waals surface area contributed by atoms with E-state index < -0.39 is 0 Å². The minimum Gasteiger partial charge on any atom is -0.376 e. The van der Waals surface area contributed by atoms with E-state index >= 15 is 0 Å². The molecule has 2 fully saturated rings. The maximum Gasteiger partial charge on any atom is 0.229 e. The number of halogens is 1. The van der Waals surface area contributed by atoms with E-state index in [1.165, 1.54) is 18.4 Å². The average Bonchev–Trinajstić information content (AvgIpc) is 3.23. The Labute approximate surface area is 165 Å². The van der Waals surface area contributed by atoms with Gasteiger partial charge in [0.2, 0.25) is 5.95 Å². The van der Waals surface area contributed by atoms with Gasteiger partial charge in [0.25, 0.3) is 0 Å². The van der Waals surface area contributed by atoms with Crippen molar-refractivity contribution in [1.82, 2.24) is 15.3 Å². The highest BCUT2D eigenvalue weighted by Gasteiger charge is 2.17. The molecule has 2 saturated heterocycles. The highest BCUT2D eigenvalue weighted by atomic mass is 35.5. The molecule has 1 atom stereocenters. The van der Waals surface area contributed by atoms with Gasteiger partial charge in [-0.3, -0.25) is 0 Å². The molecule has 27 heavy (non-hydrogen) atoms. The number of anilines is 3. The zero-order valence-corrected chi connectivity index (χ0v) is 16.1. The van der Waals surface area contributed by atoms with Gasteiger partial charge in [-0.15, -0.1) is 0 Å². The van der Waals surface area contributed by atoms with Crippen LogP contribution in [0.3, 0.4) is 0 Å². The molecule has 3 N–H and O–H groups in total. The average molecular weight is 388 g/mol. The topological polar surface area (TPSA) is 71.1 Å². The molecule has 4 rings (SSSR count). The first-order chi connectivity index (χ1) is 13.3. The molecule has 6 nitrogen and oxygen atoms in total. The molecule has 0 spiro atoms. The van der Waals surface area contributed by atoms with Crippen LogP contribution in [-0.2, 0) is 4.74 Å². The van der Waals surface area contributed by atoms with E-state index in [1.54, 1.807) is 6.20 Å². The number of benzene rings is 1. The molecule has 0 saturated carbocycles. The molecule has 7 heteroatoms. The monoisotopic (exact) mass is 387 g/mol. The molecule has 144 valence electrons. The van der Waals surface area contributed by atoms with Crippen molar-refractivity contribution in [1.29, 1.82) is 0 Å². The first-order valence-electron chi connectivity index (χ1n) is 9.73. The summed E-state index contributed by atoms with van der Waals surface area (Å²) in [7, 11) is 0. The van der Waals surface area contributed by atoms with Gasteiger partial charge in [-0.1, -0.05) is 23.7 Å². The van der Waals surface area contributed by atoms with Crippen LogP contribution >= 0.6 is 11.6 Å². The van der Waals surface area contributed by atoms with E-state index in [1.807, 2.05) is 0 Å². The quantitative estimate of drug-likeness (QED) is 0.697. The van der Waals surface area contributed by atoms with Gasteiger partial charge < -0.3 is 20.7 Å². The van der Waals surface area contributed by atoms with Crippen molar-refractivity contribution in [3.63, 3.8) is 0 Å². The van der Waals surface area contributed by atoms with E-state index in [9.17, 15) is 0 Å². The molecule has 1 aromatic heterocycles. The molecule has 3 heterocycles. The van der Waals surface area contributed by atoms with Crippen LogP contribution in [0, 0.1) is 0 Å². The molecule has 0 unspecified atom stereocenters. The van der Waals surface area contributed by atoms with Crippen molar-refractivity contribution in [2.75, 3.05) is 36.9 Å². The Morgan fingerprint density at radius 1 is 1.15 bits per heavy atom. The van der Waals surface area contributed by atoms with Gasteiger partial charge in [-0.25, -0.2) is 4.98 Å². The fourth-order valence-corrected chi connectivity index (χ4v) is 3.85. The third kappa shape index (κ3) is 4.89. The van der Waals surface area contributed by atoms with E-state index in [0.29, 0.717) is 29.3 Å². The first kappa shape index (κ1) is 18.5. The third-order valence-electron chi connectivity index (χ3n) is 5.24. The lowest BCUT2D eigenvalue weighted by atomic mass is 9.90. The zero-order valence-electron chi connectivity index (χ0n) is 15.4. The molecule has 1 aromatic carbocycles. The molecule has 2 aliphatic heterocycles. The highest BCUT2D eigenvalue weighted by Crippen LogP contribution is 2.27. The van der Waals surface area contributed by atoms with Gasteiger partial charge in [0.05, 0.1) is 12.3 Å². The summed E-state index contributed by atoms with van der Waals surface area (Å²) in [6.45, 7) is 3.75. The number of nitrogens with one attached hydrogen (secondary N) is 3. The standard InChI is InChI=1S/C20H26ClN5O/c21-18-13-24-20(26-19(18)23-12-17-2-1-11-27-17)25-16-5-3-14(4-6-16)15-7-9-22-10-8-15/h3-6,13,15,17,22H,1-2,7-12H2,(H2,23,24,25,26)/t17-/m0/s1. The van der Waals surface area contributed by atoms with Crippen LogP contribution in [0.2, 0.25) is 5.02 Å². The number of nitrogens with zero attached hydrogens (tertiary/aromatic N) is 2. The molecule has 0 radical (unpaired) electrons. The lowest BCUT2D eigenvalue weighted by Gasteiger charge is -2.23. The van der Waals surface area contributed by atoms with Crippen LogP contribution in [0.15, 0.2) is 30.5 Å². The van der Waals surface area contributed by atoms with E-state index in [2.05, 4.69) is 50.2 Å². The lowest BCUT2D eigenvalue weighted by molar-refractivity contribution is 0.120. The van der Waals surface area contributed by atoms with Gasteiger partial charge in [-0.05, 0) is 62.4 Å². The number of ether oxygens (including phenoxy) is 1. The zero-order chi connectivity index (χ0) is 18.5. The molecular weight excluding hydrogens is 362 g/mol. The van der Waals surface area contributed by atoms with Crippen LogP contribution in [0.1, 0.15) is 37.2 Å². The molecule has 2 aromatic rings. The number of piperidine rings is 1. The predicted molar refractivity (Wildman–Crippen MR) is 109 cm³/mol. The Morgan fingerprint density at radius 3 is 2.70 bits per heavy atom. The largest absolute Gasteiger partial charge is 0.376 e. The Kier molecular flexibility index (Phi) is 6.07. The summed E-state index contributed by atoms with van der Waals surface area (Å²) < 4.78 is 5.63. The normalized spacial score (nSPS) is 20.6. The van der Waals surface area contributed by atoms with Crippen LogP contribution in [0.4, 0.5) is 17.5 Å². The summed E-state index contributed by atoms with van der Waals surface area (Å²) in [5.74, 6) is 1.82. The minimum atomic E-state index is 0.231. The molecule has 0 aliphatic carbocycles. The first-order valence-corrected chi connectivity index (χ1v) is 10.1. The fourth-order valence-electron chi connectivity index (χ4n) is 3.69. The van der Waals surface area contributed by atoms with Gasteiger partial charge in [0.1, 0.15) is 5.02 Å². The fraction of sp³-hybridized carbons (Fsp3) is 0.500. The van der Waals surface area contributed by atoms with E-state index in [-0.39, 0.29) is 6.10 Å². The third-order valence-corrected chi connectivity index (χ3v) is 5.52. The summed E-state index contributed by atoms with van der Waals surface area (Å²) in [5, 5.41) is 10.5. The van der Waals surface area contributed by atoms with E-state index in [4.69, 9.17) is 16.3 Å². The maximum atomic E-state index is 6.23. The second-order valence-corrected chi connectivity index (χ2v) is 7.58. The van der Waals surface area contributed by atoms with Crippen LogP contribution in [-0.4, -0.2) is 42.3 Å². The predicted octanol–water partition coefficient (Wildman–Crippen LogP) is 3.93. The number of rotatable bonds is 6. The Balaban J connectivity index is 1.38. The van der Waals surface area contributed by atoms with Crippen molar-refractivity contribution in [3.05, 3.63) is 41.0 Å². The summed E-state index contributed by atoms with van der Waals surface area (Å²) in [4.78, 5) is 8.80. The minimum absolute atomic E-state index is 0.231. The second-order valence-electron chi connectivity index (χ2n) is 7.18. The Morgan fingerprint density at radius 2 is 1.96 bits per heavy atom. The molecule has 0 bridgehead atoms.